The molecule has 1 aromatic carbocycles. The van der Waals surface area contributed by atoms with E-state index < -0.39 is 6.10 Å². The number of rotatable bonds is 3. The predicted molar refractivity (Wildman–Crippen MR) is 83.2 cm³/mol. The summed E-state index contributed by atoms with van der Waals surface area (Å²) >= 11 is 0. The topological polar surface area (TPSA) is 55.4 Å². The Morgan fingerprint density at radius 1 is 1.23 bits per heavy atom. The average molecular weight is 301 g/mol. The Hall–Kier alpha value is -1.84. The molecular weight excluding hydrogens is 278 g/mol. The second-order valence-corrected chi connectivity index (χ2v) is 7.14. The van der Waals surface area contributed by atoms with E-state index in [-0.39, 0.29) is 23.2 Å². The molecule has 0 spiro atoms. The molecule has 2 aliphatic rings. The minimum absolute atomic E-state index is 0.0885. The molecule has 22 heavy (non-hydrogen) atoms. The van der Waals surface area contributed by atoms with Crippen LogP contribution in [0.4, 0.5) is 0 Å². The molecule has 1 aromatic rings. The Morgan fingerprint density at radius 2 is 1.95 bits per heavy atom. The number of esters is 1. The third-order valence-electron chi connectivity index (χ3n) is 4.94. The van der Waals surface area contributed by atoms with E-state index >= 15 is 0 Å². The fourth-order valence-electron chi connectivity index (χ4n) is 3.50. The molecule has 1 heterocycles. The van der Waals surface area contributed by atoms with Gasteiger partial charge in [-0.1, -0.05) is 44.2 Å². The van der Waals surface area contributed by atoms with Crippen molar-refractivity contribution in [2.24, 2.45) is 11.3 Å². The Balaban J connectivity index is 1.61. The van der Waals surface area contributed by atoms with Gasteiger partial charge < -0.3 is 10.1 Å². The highest BCUT2D eigenvalue weighted by atomic mass is 16.6. The standard InChI is InChI=1S/C18H23NO3/c1-18(2)11-19-16(20)15(18)22-17(21)14-9-8-13(10-14)12-6-4-3-5-7-12/h3-7,13-15H,8-11H2,1-2H3,(H,19,20)/t13-,14-,15?/m1/s1. The summed E-state index contributed by atoms with van der Waals surface area (Å²) in [7, 11) is 0. The highest BCUT2D eigenvalue weighted by Crippen LogP contribution is 2.39. The number of amides is 1. The molecule has 118 valence electrons. The Labute approximate surface area is 131 Å². The SMILES string of the molecule is CC1(C)CNC(=O)C1OC(=O)[C@@H]1CC[C@@H](c2ccccc2)C1. The lowest BCUT2D eigenvalue weighted by Gasteiger charge is -2.24. The first kappa shape index (κ1) is 15.1. The lowest BCUT2D eigenvalue weighted by Crippen LogP contribution is -2.37. The van der Waals surface area contributed by atoms with E-state index in [9.17, 15) is 9.59 Å². The summed E-state index contributed by atoms with van der Waals surface area (Å²) in [5, 5.41) is 2.77. The number of benzene rings is 1. The zero-order chi connectivity index (χ0) is 15.7. The van der Waals surface area contributed by atoms with Gasteiger partial charge in [0.2, 0.25) is 0 Å². The van der Waals surface area contributed by atoms with E-state index in [2.05, 4.69) is 17.4 Å². The summed E-state index contributed by atoms with van der Waals surface area (Å²) < 4.78 is 5.56. The smallest absolute Gasteiger partial charge is 0.309 e. The number of ether oxygens (including phenoxy) is 1. The molecule has 3 atom stereocenters. The fraction of sp³-hybridized carbons (Fsp3) is 0.556. The minimum atomic E-state index is -0.657. The molecule has 1 unspecified atom stereocenters. The summed E-state index contributed by atoms with van der Waals surface area (Å²) in [4.78, 5) is 24.2. The van der Waals surface area contributed by atoms with E-state index in [4.69, 9.17) is 4.74 Å². The lowest BCUT2D eigenvalue weighted by molar-refractivity contribution is -0.162. The minimum Gasteiger partial charge on any atom is -0.451 e. The molecule has 0 bridgehead atoms. The van der Waals surface area contributed by atoms with E-state index in [0.29, 0.717) is 12.5 Å². The van der Waals surface area contributed by atoms with Crippen LogP contribution in [0.3, 0.4) is 0 Å². The zero-order valence-electron chi connectivity index (χ0n) is 13.2. The van der Waals surface area contributed by atoms with Gasteiger partial charge in [-0.3, -0.25) is 9.59 Å². The van der Waals surface area contributed by atoms with Crippen molar-refractivity contribution in [3.8, 4) is 0 Å². The molecule has 2 fully saturated rings. The highest BCUT2D eigenvalue weighted by Gasteiger charge is 2.45. The number of nitrogens with one attached hydrogen (secondary N) is 1. The van der Waals surface area contributed by atoms with Crippen LogP contribution in [-0.2, 0) is 14.3 Å². The largest absolute Gasteiger partial charge is 0.451 e. The third kappa shape index (κ3) is 2.87. The highest BCUT2D eigenvalue weighted by molar-refractivity contribution is 5.87. The van der Waals surface area contributed by atoms with Crippen molar-refractivity contribution in [1.29, 1.82) is 0 Å². The second kappa shape index (κ2) is 5.75. The number of carbonyl (C=O) groups excluding carboxylic acids is 2. The molecule has 1 amide bonds. The maximum absolute atomic E-state index is 12.4. The lowest BCUT2D eigenvalue weighted by atomic mass is 9.89. The fourth-order valence-corrected chi connectivity index (χ4v) is 3.50. The van der Waals surface area contributed by atoms with Crippen molar-refractivity contribution in [1.82, 2.24) is 5.32 Å². The van der Waals surface area contributed by atoms with Gasteiger partial charge >= 0.3 is 5.97 Å². The van der Waals surface area contributed by atoms with Crippen LogP contribution in [0.25, 0.3) is 0 Å². The van der Waals surface area contributed by atoms with Crippen molar-refractivity contribution in [3.63, 3.8) is 0 Å². The molecule has 1 aliphatic carbocycles. The second-order valence-electron chi connectivity index (χ2n) is 7.14. The van der Waals surface area contributed by atoms with E-state index in [0.717, 1.165) is 19.3 Å². The maximum atomic E-state index is 12.4. The van der Waals surface area contributed by atoms with Crippen molar-refractivity contribution >= 4 is 11.9 Å². The first-order valence-corrected chi connectivity index (χ1v) is 8.00. The van der Waals surface area contributed by atoms with Crippen LogP contribution in [0.5, 0.6) is 0 Å². The van der Waals surface area contributed by atoms with Crippen molar-refractivity contribution in [2.45, 2.75) is 45.1 Å². The summed E-state index contributed by atoms with van der Waals surface area (Å²) in [5.74, 6) is -0.0527. The van der Waals surface area contributed by atoms with Gasteiger partial charge in [0.25, 0.3) is 5.91 Å². The van der Waals surface area contributed by atoms with E-state index in [1.54, 1.807) is 0 Å². The molecule has 3 rings (SSSR count). The van der Waals surface area contributed by atoms with Gasteiger partial charge in [-0.25, -0.2) is 0 Å². The molecule has 1 saturated heterocycles. The van der Waals surface area contributed by atoms with Crippen LogP contribution >= 0.6 is 0 Å². The maximum Gasteiger partial charge on any atom is 0.309 e. The van der Waals surface area contributed by atoms with Crippen LogP contribution in [0, 0.1) is 11.3 Å². The van der Waals surface area contributed by atoms with Crippen LogP contribution in [-0.4, -0.2) is 24.5 Å². The molecule has 1 saturated carbocycles. The number of hydrogen-bond acceptors (Lipinski definition) is 3. The van der Waals surface area contributed by atoms with Gasteiger partial charge in [-0.05, 0) is 30.7 Å². The summed E-state index contributed by atoms with van der Waals surface area (Å²) in [6, 6.07) is 10.3. The zero-order valence-corrected chi connectivity index (χ0v) is 13.2. The normalized spacial score (nSPS) is 30.1. The van der Waals surface area contributed by atoms with Gasteiger partial charge in [-0.2, -0.15) is 0 Å². The van der Waals surface area contributed by atoms with Crippen molar-refractivity contribution < 1.29 is 14.3 Å². The van der Waals surface area contributed by atoms with E-state index in [1.165, 1.54) is 5.56 Å². The Bertz CT molecular complexity index is 567. The molecule has 1 N–H and O–H groups in total. The van der Waals surface area contributed by atoms with Gasteiger partial charge in [0, 0.05) is 12.0 Å². The summed E-state index contributed by atoms with van der Waals surface area (Å²) in [6.07, 6.45) is 2.00. The monoisotopic (exact) mass is 301 g/mol. The van der Waals surface area contributed by atoms with Crippen LogP contribution in [0.2, 0.25) is 0 Å². The van der Waals surface area contributed by atoms with Crippen LogP contribution in [0.1, 0.15) is 44.6 Å². The molecule has 1 aliphatic heterocycles. The molecule has 0 aromatic heterocycles. The van der Waals surface area contributed by atoms with Gasteiger partial charge in [0.05, 0.1) is 5.92 Å². The summed E-state index contributed by atoms with van der Waals surface area (Å²) in [6.45, 7) is 4.45. The van der Waals surface area contributed by atoms with Gasteiger partial charge in [0.15, 0.2) is 6.10 Å². The molecule has 4 nitrogen and oxygen atoms in total. The average Bonchev–Trinajstić information content (AvgIpc) is 3.09. The van der Waals surface area contributed by atoms with Crippen molar-refractivity contribution in [2.75, 3.05) is 6.54 Å². The molecule has 4 heteroatoms. The Kier molecular flexibility index (Phi) is 3.94. The van der Waals surface area contributed by atoms with Crippen LogP contribution in [0.15, 0.2) is 30.3 Å². The summed E-state index contributed by atoms with van der Waals surface area (Å²) in [5.41, 5.74) is 0.959. The van der Waals surface area contributed by atoms with Gasteiger partial charge in [0.1, 0.15) is 0 Å². The third-order valence-corrected chi connectivity index (χ3v) is 4.94. The van der Waals surface area contributed by atoms with Crippen molar-refractivity contribution in [3.05, 3.63) is 35.9 Å². The number of carbonyl (C=O) groups is 2. The predicted octanol–water partition coefficient (Wildman–Crippen LogP) is 2.64. The number of hydrogen-bond donors (Lipinski definition) is 1. The van der Waals surface area contributed by atoms with E-state index in [1.807, 2.05) is 32.0 Å². The first-order valence-electron chi connectivity index (χ1n) is 8.00. The molecule has 0 radical (unpaired) electrons. The van der Waals surface area contributed by atoms with Crippen LogP contribution < -0.4 is 5.32 Å². The quantitative estimate of drug-likeness (QED) is 0.873. The first-order chi connectivity index (χ1) is 10.5. The Morgan fingerprint density at radius 3 is 2.59 bits per heavy atom. The van der Waals surface area contributed by atoms with Gasteiger partial charge in [-0.15, -0.1) is 0 Å². The molecular formula is C18H23NO3.